The maximum absolute atomic E-state index is 11.6. The van der Waals surface area contributed by atoms with Crippen LogP contribution in [0.25, 0.3) is 27.0 Å². The standard InChI is InChI=1S/C18H15N3OS/c1-11(2)17-20-21-15(10-22)16(19-18(21)23-17)14-8-7-12-5-3-4-6-13(12)9-14/h3-11H,1-2H3. The summed E-state index contributed by atoms with van der Waals surface area (Å²) in [5, 5.41) is 7.82. The van der Waals surface area contributed by atoms with E-state index >= 15 is 0 Å². The van der Waals surface area contributed by atoms with Crippen molar-refractivity contribution >= 4 is 33.4 Å². The number of rotatable bonds is 3. The fraction of sp³-hybridized carbons (Fsp3) is 0.167. The normalized spacial score (nSPS) is 11.6. The highest BCUT2D eigenvalue weighted by atomic mass is 32.1. The molecule has 0 aliphatic carbocycles. The number of imidazole rings is 1. The first-order valence-electron chi connectivity index (χ1n) is 7.51. The van der Waals surface area contributed by atoms with E-state index in [1.165, 1.54) is 16.7 Å². The lowest BCUT2D eigenvalue weighted by Crippen LogP contribution is -1.96. The van der Waals surface area contributed by atoms with Gasteiger partial charge in [0.05, 0.1) is 0 Å². The van der Waals surface area contributed by atoms with Crippen LogP contribution in [0, 0.1) is 0 Å². The molecule has 5 heteroatoms. The second kappa shape index (κ2) is 5.28. The Bertz CT molecular complexity index is 1030. The first-order valence-corrected chi connectivity index (χ1v) is 8.33. The van der Waals surface area contributed by atoms with Crippen LogP contribution in [0.3, 0.4) is 0 Å². The zero-order chi connectivity index (χ0) is 16.0. The summed E-state index contributed by atoms with van der Waals surface area (Å²) < 4.78 is 1.66. The van der Waals surface area contributed by atoms with Gasteiger partial charge in [-0.2, -0.15) is 9.61 Å². The van der Waals surface area contributed by atoms with Crippen molar-refractivity contribution in [3.63, 3.8) is 0 Å². The van der Waals surface area contributed by atoms with Crippen LogP contribution < -0.4 is 0 Å². The van der Waals surface area contributed by atoms with Gasteiger partial charge in [0.2, 0.25) is 4.96 Å². The first-order chi connectivity index (χ1) is 11.2. The van der Waals surface area contributed by atoms with Crippen LogP contribution in [-0.2, 0) is 0 Å². The smallest absolute Gasteiger partial charge is 0.213 e. The van der Waals surface area contributed by atoms with E-state index in [-0.39, 0.29) is 0 Å². The number of fused-ring (bicyclic) bond motifs is 2. The molecular formula is C18H15N3OS. The molecule has 0 fully saturated rings. The molecule has 0 radical (unpaired) electrons. The van der Waals surface area contributed by atoms with Crippen LogP contribution >= 0.6 is 11.3 Å². The molecule has 0 bridgehead atoms. The van der Waals surface area contributed by atoms with E-state index in [9.17, 15) is 4.79 Å². The van der Waals surface area contributed by atoms with Crippen LogP contribution in [0.4, 0.5) is 0 Å². The van der Waals surface area contributed by atoms with Gasteiger partial charge >= 0.3 is 0 Å². The minimum atomic E-state index is 0.324. The highest BCUT2D eigenvalue weighted by molar-refractivity contribution is 7.16. The summed E-state index contributed by atoms with van der Waals surface area (Å²) in [5.41, 5.74) is 2.15. The molecule has 0 aliphatic heterocycles. The van der Waals surface area contributed by atoms with E-state index < -0.39 is 0 Å². The summed E-state index contributed by atoms with van der Waals surface area (Å²) in [6, 6.07) is 14.3. The van der Waals surface area contributed by atoms with Gasteiger partial charge < -0.3 is 0 Å². The summed E-state index contributed by atoms with van der Waals surface area (Å²) >= 11 is 1.54. The third kappa shape index (κ3) is 2.24. The number of carbonyl (C=O) groups excluding carboxylic acids is 1. The molecule has 0 N–H and O–H groups in total. The van der Waals surface area contributed by atoms with Gasteiger partial charge in [-0.05, 0) is 16.8 Å². The summed E-state index contributed by atoms with van der Waals surface area (Å²) in [6.07, 6.45) is 0.842. The Labute approximate surface area is 137 Å². The highest BCUT2D eigenvalue weighted by Gasteiger charge is 2.18. The lowest BCUT2D eigenvalue weighted by molar-refractivity contribution is 0.111. The molecule has 23 heavy (non-hydrogen) atoms. The summed E-state index contributed by atoms with van der Waals surface area (Å²) in [5.74, 6) is 0.324. The number of carbonyl (C=O) groups is 1. The molecule has 0 saturated carbocycles. The van der Waals surface area contributed by atoms with Gasteiger partial charge in [-0.1, -0.05) is 61.6 Å². The van der Waals surface area contributed by atoms with Gasteiger partial charge in [0.1, 0.15) is 16.4 Å². The minimum absolute atomic E-state index is 0.324. The van der Waals surface area contributed by atoms with Gasteiger partial charge in [-0.25, -0.2) is 4.98 Å². The molecule has 114 valence electrons. The number of hydrogen-bond acceptors (Lipinski definition) is 4. The molecule has 2 aromatic carbocycles. The van der Waals surface area contributed by atoms with Crippen LogP contribution in [0.2, 0.25) is 0 Å². The van der Waals surface area contributed by atoms with Crippen LogP contribution in [0.5, 0.6) is 0 Å². The number of aldehydes is 1. The van der Waals surface area contributed by atoms with E-state index in [0.29, 0.717) is 17.3 Å². The maximum Gasteiger partial charge on any atom is 0.213 e. The lowest BCUT2D eigenvalue weighted by atomic mass is 10.0. The summed E-state index contributed by atoms with van der Waals surface area (Å²) in [7, 11) is 0. The average molecular weight is 321 g/mol. The van der Waals surface area contributed by atoms with Crippen molar-refractivity contribution < 1.29 is 4.79 Å². The molecule has 0 atom stereocenters. The summed E-state index contributed by atoms with van der Waals surface area (Å²) in [4.78, 5) is 17.0. The van der Waals surface area contributed by atoms with Gasteiger partial charge in [-0.3, -0.25) is 4.79 Å². The van der Waals surface area contributed by atoms with Crippen LogP contribution in [-0.4, -0.2) is 20.9 Å². The van der Waals surface area contributed by atoms with Crippen molar-refractivity contribution in [3.8, 4) is 11.3 Å². The Hall–Kier alpha value is -2.53. The topological polar surface area (TPSA) is 47.3 Å². The van der Waals surface area contributed by atoms with Crippen molar-refractivity contribution in [1.29, 1.82) is 0 Å². The lowest BCUT2D eigenvalue weighted by Gasteiger charge is -2.02. The molecule has 2 aromatic heterocycles. The summed E-state index contributed by atoms with van der Waals surface area (Å²) in [6.45, 7) is 4.17. The average Bonchev–Trinajstić information content (AvgIpc) is 3.11. The van der Waals surface area contributed by atoms with E-state index in [1.807, 2.05) is 18.2 Å². The van der Waals surface area contributed by atoms with Gasteiger partial charge in [-0.15, -0.1) is 0 Å². The Morgan fingerprint density at radius 3 is 2.65 bits per heavy atom. The molecule has 4 nitrogen and oxygen atoms in total. The van der Waals surface area contributed by atoms with E-state index in [2.05, 4.69) is 48.2 Å². The fourth-order valence-electron chi connectivity index (χ4n) is 2.67. The predicted molar refractivity (Wildman–Crippen MR) is 93.3 cm³/mol. The van der Waals surface area contributed by atoms with Crippen molar-refractivity contribution in [2.45, 2.75) is 19.8 Å². The second-order valence-electron chi connectivity index (χ2n) is 5.81. The molecule has 0 amide bonds. The molecule has 4 aromatic rings. The predicted octanol–water partition coefficient (Wildman–Crippen LogP) is 4.55. The number of aromatic nitrogens is 3. The quantitative estimate of drug-likeness (QED) is 0.520. The fourth-order valence-corrected chi connectivity index (χ4v) is 3.57. The zero-order valence-electron chi connectivity index (χ0n) is 12.9. The van der Waals surface area contributed by atoms with Gasteiger partial charge in [0, 0.05) is 11.5 Å². The molecule has 0 spiro atoms. The Morgan fingerprint density at radius 1 is 1.13 bits per heavy atom. The van der Waals surface area contributed by atoms with Crippen molar-refractivity contribution in [1.82, 2.24) is 14.6 Å². The van der Waals surface area contributed by atoms with E-state index in [4.69, 9.17) is 0 Å². The molecule has 2 heterocycles. The monoisotopic (exact) mass is 321 g/mol. The van der Waals surface area contributed by atoms with Crippen molar-refractivity contribution in [3.05, 3.63) is 53.2 Å². The van der Waals surface area contributed by atoms with Crippen LogP contribution in [0.15, 0.2) is 42.5 Å². The third-order valence-corrected chi connectivity index (χ3v) is 5.09. The third-order valence-electron chi connectivity index (χ3n) is 3.88. The second-order valence-corrected chi connectivity index (χ2v) is 6.80. The molecule has 0 unspecified atom stereocenters. The van der Waals surface area contributed by atoms with Crippen molar-refractivity contribution in [2.75, 3.05) is 0 Å². The minimum Gasteiger partial charge on any atom is -0.296 e. The number of benzene rings is 2. The Kier molecular flexibility index (Phi) is 3.23. The number of hydrogen-bond donors (Lipinski definition) is 0. The molecule has 0 aliphatic rings. The Morgan fingerprint density at radius 2 is 1.91 bits per heavy atom. The van der Waals surface area contributed by atoms with E-state index in [0.717, 1.165) is 27.2 Å². The zero-order valence-corrected chi connectivity index (χ0v) is 13.7. The molecule has 4 rings (SSSR count). The van der Waals surface area contributed by atoms with Gasteiger partial charge in [0.15, 0.2) is 6.29 Å². The van der Waals surface area contributed by atoms with Gasteiger partial charge in [0.25, 0.3) is 0 Å². The van der Waals surface area contributed by atoms with E-state index in [1.54, 1.807) is 4.52 Å². The SMILES string of the molecule is CC(C)c1nn2c(C=O)c(-c3ccc4ccccc4c3)nc2s1. The first kappa shape index (κ1) is 14.1. The number of nitrogens with zero attached hydrogens (tertiary/aromatic N) is 3. The largest absolute Gasteiger partial charge is 0.296 e. The maximum atomic E-state index is 11.6. The molecule has 0 saturated heterocycles. The highest BCUT2D eigenvalue weighted by Crippen LogP contribution is 2.30. The Balaban J connectivity index is 1.92. The molecular weight excluding hydrogens is 306 g/mol. The van der Waals surface area contributed by atoms with Crippen LogP contribution in [0.1, 0.15) is 35.3 Å². The van der Waals surface area contributed by atoms with Crippen molar-refractivity contribution in [2.24, 2.45) is 0 Å².